The minimum Gasteiger partial charge on any atom is -0.465 e. The first-order chi connectivity index (χ1) is 15.9. The van der Waals surface area contributed by atoms with E-state index in [-0.39, 0.29) is 16.4 Å². The molecular weight excluding hydrogens is 438 g/mol. The highest BCUT2D eigenvalue weighted by Crippen LogP contribution is 2.49. The maximum atomic E-state index is 13.0. The summed E-state index contributed by atoms with van der Waals surface area (Å²) in [7, 11) is -4.20. The van der Waals surface area contributed by atoms with Gasteiger partial charge in [0.05, 0.1) is 12.0 Å². The lowest BCUT2D eigenvalue weighted by Gasteiger charge is -2.31. The fraction of sp³-hybridized carbons (Fsp3) is 0.308. The number of benzene rings is 2. The Morgan fingerprint density at radius 1 is 1.03 bits per heavy atom. The number of fused-ring (bicyclic) bond motifs is 3. The van der Waals surface area contributed by atoms with Gasteiger partial charge in [-0.3, -0.25) is 9.79 Å². The van der Waals surface area contributed by atoms with E-state index in [2.05, 4.69) is 6.07 Å². The Morgan fingerprint density at radius 3 is 2.64 bits per heavy atom. The summed E-state index contributed by atoms with van der Waals surface area (Å²) in [5.74, 6) is -0.0510. The third kappa shape index (κ3) is 3.91. The molecule has 0 saturated heterocycles. The van der Waals surface area contributed by atoms with Crippen LogP contribution in [0, 0.1) is 6.92 Å². The summed E-state index contributed by atoms with van der Waals surface area (Å²) >= 11 is 0. The lowest BCUT2D eigenvalue weighted by atomic mass is 9.71. The van der Waals surface area contributed by atoms with Crippen LogP contribution in [0.25, 0.3) is 0 Å². The molecule has 0 spiro atoms. The zero-order valence-corrected chi connectivity index (χ0v) is 19.2. The molecule has 7 heteroatoms. The SMILES string of the molecule is Cc1ccc(S(=O)(=O)Oc2c(C[C@@]34CCCCCC3=Nc3ccccc34)occc2=O)cc1. The molecule has 3 aromatic rings. The standard InChI is InChI=1S/C26H25NO5S/c1-18-10-12-19(13-11-18)33(29,30)32-25-22(28)14-16-31-23(25)17-26-15-6-2-3-9-24(26)27-21-8-5-4-7-20(21)26/h4-5,7-8,10-14,16H,2-3,6,9,15,17H2,1H3/t26-/m1/s1. The molecule has 1 aromatic heterocycles. The summed E-state index contributed by atoms with van der Waals surface area (Å²) in [6.45, 7) is 1.87. The Bertz CT molecular complexity index is 1390. The van der Waals surface area contributed by atoms with Crippen LogP contribution in [0.5, 0.6) is 5.75 Å². The average molecular weight is 464 g/mol. The molecule has 33 heavy (non-hydrogen) atoms. The van der Waals surface area contributed by atoms with Gasteiger partial charge < -0.3 is 8.60 Å². The molecule has 0 bridgehead atoms. The number of aliphatic imine (C=N–C) groups is 1. The van der Waals surface area contributed by atoms with Crippen LogP contribution in [0.1, 0.15) is 49.0 Å². The van der Waals surface area contributed by atoms with E-state index >= 15 is 0 Å². The topological polar surface area (TPSA) is 85.9 Å². The summed E-state index contributed by atoms with van der Waals surface area (Å²) in [5, 5.41) is 0. The predicted octanol–water partition coefficient (Wildman–Crippen LogP) is 5.25. The number of aryl methyl sites for hydroxylation is 1. The quantitative estimate of drug-likeness (QED) is 0.483. The third-order valence-corrected chi connectivity index (χ3v) is 7.85. The monoisotopic (exact) mass is 463 g/mol. The first kappa shape index (κ1) is 21.6. The second-order valence-electron chi connectivity index (χ2n) is 8.78. The Morgan fingerprint density at radius 2 is 1.82 bits per heavy atom. The first-order valence-electron chi connectivity index (χ1n) is 11.2. The largest absolute Gasteiger partial charge is 0.465 e. The van der Waals surface area contributed by atoms with Gasteiger partial charge in [-0.05, 0) is 49.9 Å². The number of hydrogen-bond acceptors (Lipinski definition) is 6. The van der Waals surface area contributed by atoms with E-state index in [0.29, 0.717) is 6.42 Å². The van der Waals surface area contributed by atoms with Gasteiger partial charge in [-0.25, -0.2) is 0 Å². The summed E-state index contributed by atoms with van der Waals surface area (Å²) in [4.78, 5) is 17.7. The number of para-hydroxylation sites is 1. The molecule has 2 aliphatic rings. The molecule has 1 aliphatic carbocycles. The molecule has 0 unspecified atom stereocenters. The molecule has 0 amide bonds. The summed E-state index contributed by atoms with van der Waals surface area (Å²) in [6, 6.07) is 15.5. The average Bonchev–Trinajstić information content (AvgIpc) is 2.95. The van der Waals surface area contributed by atoms with Gasteiger partial charge in [-0.1, -0.05) is 48.7 Å². The van der Waals surface area contributed by atoms with Gasteiger partial charge in [-0.15, -0.1) is 0 Å². The third-order valence-electron chi connectivity index (χ3n) is 6.62. The van der Waals surface area contributed by atoms with Crippen LogP contribution in [0.2, 0.25) is 0 Å². The van der Waals surface area contributed by atoms with Crippen LogP contribution in [0.3, 0.4) is 0 Å². The molecule has 5 rings (SSSR count). The van der Waals surface area contributed by atoms with E-state index in [1.54, 1.807) is 12.1 Å². The molecular formula is C26H25NO5S. The van der Waals surface area contributed by atoms with Gasteiger partial charge in [0.15, 0.2) is 5.76 Å². The molecule has 0 N–H and O–H groups in total. The van der Waals surface area contributed by atoms with Crippen LogP contribution < -0.4 is 9.61 Å². The zero-order valence-electron chi connectivity index (χ0n) is 18.4. The van der Waals surface area contributed by atoms with Crippen LogP contribution in [0.15, 0.2) is 80.0 Å². The van der Waals surface area contributed by atoms with Crippen molar-refractivity contribution >= 4 is 21.5 Å². The van der Waals surface area contributed by atoms with Gasteiger partial charge in [0, 0.05) is 23.6 Å². The van der Waals surface area contributed by atoms with Crippen LogP contribution in [-0.2, 0) is 22.0 Å². The van der Waals surface area contributed by atoms with E-state index in [1.165, 1.54) is 24.5 Å². The van der Waals surface area contributed by atoms with Crippen molar-refractivity contribution in [3.05, 3.63) is 88.0 Å². The molecule has 1 fully saturated rings. The highest BCUT2D eigenvalue weighted by molar-refractivity contribution is 7.87. The second-order valence-corrected chi connectivity index (χ2v) is 10.3. The van der Waals surface area contributed by atoms with Gasteiger partial charge >= 0.3 is 10.1 Å². The van der Waals surface area contributed by atoms with Crippen molar-refractivity contribution in [1.82, 2.24) is 0 Å². The van der Waals surface area contributed by atoms with Crippen LogP contribution in [-0.4, -0.2) is 14.1 Å². The van der Waals surface area contributed by atoms with Crippen LogP contribution >= 0.6 is 0 Å². The van der Waals surface area contributed by atoms with E-state index in [9.17, 15) is 13.2 Å². The summed E-state index contributed by atoms with van der Waals surface area (Å²) in [5.41, 5.74) is 3.06. The van der Waals surface area contributed by atoms with Gasteiger partial charge in [0.2, 0.25) is 11.2 Å². The molecule has 6 nitrogen and oxygen atoms in total. The summed E-state index contributed by atoms with van der Waals surface area (Å²) in [6.07, 6.45) is 6.51. The minimum atomic E-state index is -4.20. The van der Waals surface area contributed by atoms with Gasteiger partial charge in [0.25, 0.3) is 0 Å². The zero-order chi connectivity index (χ0) is 23.1. The molecule has 1 saturated carbocycles. The molecule has 1 aliphatic heterocycles. The first-order valence-corrected chi connectivity index (χ1v) is 12.6. The number of hydrogen-bond donors (Lipinski definition) is 0. The van der Waals surface area contributed by atoms with Gasteiger partial charge in [0.1, 0.15) is 4.90 Å². The van der Waals surface area contributed by atoms with E-state index in [1.807, 2.05) is 25.1 Å². The number of nitrogens with zero attached hydrogens (tertiary/aromatic N) is 1. The lowest BCUT2D eigenvalue weighted by molar-refractivity contribution is 0.393. The lowest BCUT2D eigenvalue weighted by Crippen LogP contribution is -2.35. The number of rotatable bonds is 5. The second kappa shape index (κ2) is 8.30. The van der Waals surface area contributed by atoms with Crippen molar-refractivity contribution in [3.63, 3.8) is 0 Å². The van der Waals surface area contributed by atoms with Crippen molar-refractivity contribution < 1.29 is 17.0 Å². The highest BCUT2D eigenvalue weighted by Gasteiger charge is 2.45. The van der Waals surface area contributed by atoms with Crippen molar-refractivity contribution in [3.8, 4) is 5.75 Å². The molecule has 0 radical (unpaired) electrons. The molecule has 170 valence electrons. The van der Waals surface area contributed by atoms with Crippen molar-refractivity contribution in [2.75, 3.05) is 0 Å². The Kier molecular flexibility index (Phi) is 5.44. The minimum absolute atomic E-state index is 0.0107. The maximum absolute atomic E-state index is 13.0. The van der Waals surface area contributed by atoms with Gasteiger partial charge in [-0.2, -0.15) is 8.42 Å². The van der Waals surface area contributed by atoms with E-state index in [4.69, 9.17) is 13.6 Å². The highest BCUT2D eigenvalue weighted by atomic mass is 32.2. The fourth-order valence-corrected chi connectivity index (χ4v) is 5.89. The normalized spacial score (nSPS) is 19.8. The Hall–Kier alpha value is -3.19. The van der Waals surface area contributed by atoms with E-state index < -0.39 is 21.0 Å². The smallest absolute Gasteiger partial charge is 0.339 e. The molecule has 2 aromatic carbocycles. The molecule has 1 atom stereocenters. The maximum Gasteiger partial charge on any atom is 0.339 e. The summed E-state index contributed by atoms with van der Waals surface area (Å²) < 4.78 is 37.1. The van der Waals surface area contributed by atoms with E-state index in [0.717, 1.165) is 54.6 Å². The Labute approximate surface area is 193 Å². The molecule has 2 heterocycles. The predicted molar refractivity (Wildman–Crippen MR) is 126 cm³/mol. The fourth-order valence-electron chi connectivity index (χ4n) is 4.93. The van der Waals surface area contributed by atoms with Crippen molar-refractivity contribution in [2.45, 2.75) is 55.8 Å². The van der Waals surface area contributed by atoms with Crippen molar-refractivity contribution in [1.29, 1.82) is 0 Å². The van der Waals surface area contributed by atoms with Crippen molar-refractivity contribution in [2.24, 2.45) is 4.99 Å². The Balaban J connectivity index is 1.57. The van der Waals surface area contributed by atoms with Crippen LogP contribution in [0.4, 0.5) is 5.69 Å².